The van der Waals surface area contributed by atoms with Crippen LogP contribution in [0.1, 0.15) is 19.8 Å². The molecule has 1 saturated heterocycles. The second-order valence-electron chi connectivity index (χ2n) is 3.62. The van der Waals surface area contributed by atoms with Crippen LogP contribution in [0, 0.1) is 0 Å². The zero-order valence-corrected chi connectivity index (χ0v) is 8.60. The van der Waals surface area contributed by atoms with Gasteiger partial charge in [0.05, 0.1) is 6.04 Å². The molecule has 1 atom stereocenters. The van der Waals surface area contributed by atoms with Gasteiger partial charge < -0.3 is 10.2 Å². The lowest BCUT2D eigenvalue weighted by atomic mass is 10.2. The van der Waals surface area contributed by atoms with Crippen molar-refractivity contribution in [2.75, 3.05) is 19.6 Å². The largest absolute Gasteiger partial charge is 0.406 e. The van der Waals surface area contributed by atoms with Crippen LogP contribution in [-0.2, 0) is 4.79 Å². The molecule has 1 fully saturated rings. The van der Waals surface area contributed by atoms with Crippen molar-refractivity contribution in [3.05, 3.63) is 0 Å². The smallest absolute Gasteiger partial charge is 0.333 e. The molecule has 1 amide bonds. The summed E-state index contributed by atoms with van der Waals surface area (Å²) in [6, 6.07) is -0.424. The highest BCUT2D eigenvalue weighted by molar-refractivity contribution is 5.82. The summed E-state index contributed by atoms with van der Waals surface area (Å²) in [5, 5.41) is 2.90. The van der Waals surface area contributed by atoms with Crippen molar-refractivity contribution in [2.45, 2.75) is 32.0 Å². The Labute approximate surface area is 86.6 Å². The average molecular weight is 224 g/mol. The van der Waals surface area contributed by atoms with Crippen molar-refractivity contribution in [3.63, 3.8) is 0 Å². The number of halogens is 3. The monoisotopic (exact) mass is 224 g/mol. The molecule has 88 valence electrons. The molecule has 3 nitrogen and oxygen atoms in total. The first kappa shape index (κ1) is 12.3. The third kappa shape index (κ3) is 3.70. The fourth-order valence-electron chi connectivity index (χ4n) is 1.68. The fraction of sp³-hybridized carbons (Fsp3) is 0.889. The first-order chi connectivity index (χ1) is 6.94. The Morgan fingerprint density at radius 3 is 2.60 bits per heavy atom. The Balaban J connectivity index is 2.53. The molecule has 0 aromatic heterocycles. The number of hydrogen-bond acceptors (Lipinski definition) is 2. The van der Waals surface area contributed by atoms with E-state index in [0.29, 0.717) is 13.0 Å². The van der Waals surface area contributed by atoms with Crippen molar-refractivity contribution >= 4 is 5.91 Å². The highest BCUT2D eigenvalue weighted by Crippen LogP contribution is 2.18. The molecule has 6 heteroatoms. The summed E-state index contributed by atoms with van der Waals surface area (Å²) in [5.41, 5.74) is 0. The molecule has 0 aliphatic carbocycles. The SMILES string of the molecule is CCN(CC(F)(F)F)C(=O)[C@H]1CCCN1. The summed E-state index contributed by atoms with van der Waals surface area (Å²) in [5.74, 6) is -0.438. The lowest BCUT2D eigenvalue weighted by Gasteiger charge is -2.25. The summed E-state index contributed by atoms with van der Waals surface area (Å²) < 4.78 is 36.4. The van der Waals surface area contributed by atoms with Crippen LogP contribution in [-0.4, -0.2) is 42.7 Å². The quantitative estimate of drug-likeness (QED) is 0.780. The van der Waals surface area contributed by atoms with Crippen molar-refractivity contribution in [2.24, 2.45) is 0 Å². The minimum absolute atomic E-state index is 0.0938. The van der Waals surface area contributed by atoms with Gasteiger partial charge >= 0.3 is 6.18 Å². The second kappa shape index (κ2) is 4.83. The van der Waals surface area contributed by atoms with E-state index >= 15 is 0 Å². The van der Waals surface area contributed by atoms with E-state index in [1.165, 1.54) is 0 Å². The van der Waals surface area contributed by atoms with Crippen LogP contribution in [0.15, 0.2) is 0 Å². The standard InChI is InChI=1S/C9H15F3N2O/c1-2-14(6-9(10,11)12)8(15)7-4-3-5-13-7/h7,13H,2-6H2,1H3/t7-/m1/s1. The summed E-state index contributed by atoms with van der Waals surface area (Å²) >= 11 is 0. The fourth-order valence-corrected chi connectivity index (χ4v) is 1.68. The lowest BCUT2D eigenvalue weighted by Crippen LogP contribution is -2.47. The van der Waals surface area contributed by atoms with E-state index in [-0.39, 0.29) is 6.54 Å². The number of carbonyl (C=O) groups excluding carboxylic acids is 1. The van der Waals surface area contributed by atoms with Crippen molar-refractivity contribution < 1.29 is 18.0 Å². The summed E-state index contributed by atoms with van der Waals surface area (Å²) in [6.07, 6.45) is -2.84. The van der Waals surface area contributed by atoms with Crippen molar-refractivity contribution in [1.82, 2.24) is 10.2 Å². The Morgan fingerprint density at radius 2 is 2.20 bits per heavy atom. The minimum atomic E-state index is -4.32. The lowest BCUT2D eigenvalue weighted by molar-refractivity contribution is -0.161. The summed E-state index contributed by atoms with van der Waals surface area (Å²) in [4.78, 5) is 12.5. The van der Waals surface area contributed by atoms with Gasteiger partial charge in [-0.3, -0.25) is 4.79 Å². The van der Waals surface area contributed by atoms with Crippen LogP contribution in [0.2, 0.25) is 0 Å². The summed E-state index contributed by atoms with van der Waals surface area (Å²) in [6.45, 7) is 1.20. The zero-order valence-electron chi connectivity index (χ0n) is 8.60. The van der Waals surface area contributed by atoms with Gasteiger partial charge in [0.2, 0.25) is 5.91 Å². The maximum atomic E-state index is 12.1. The van der Waals surface area contributed by atoms with E-state index < -0.39 is 24.7 Å². The molecule has 1 heterocycles. The molecule has 1 aliphatic rings. The molecule has 1 aliphatic heterocycles. The van der Waals surface area contributed by atoms with Gasteiger partial charge in [-0.15, -0.1) is 0 Å². The van der Waals surface area contributed by atoms with E-state index in [1.807, 2.05) is 0 Å². The van der Waals surface area contributed by atoms with E-state index in [4.69, 9.17) is 0 Å². The van der Waals surface area contributed by atoms with Gasteiger partial charge in [-0.05, 0) is 26.3 Å². The van der Waals surface area contributed by atoms with E-state index in [0.717, 1.165) is 11.3 Å². The molecule has 1 rings (SSSR count). The predicted molar refractivity (Wildman–Crippen MR) is 49.3 cm³/mol. The number of hydrogen-bond donors (Lipinski definition) is 1. The molecule has 0 spiro atoms. The number of rotatable bonds is 3. The van der Waals surface area contributed by atoms with Crippen LogP contribution in [0.3, 0.4) is 0 Å². The third-order valence-corrected chi connectivity index (χ3v) is 2.42. The van der Waals surface area contributed by atoms with Crippen LogP contribution in [0.25, 0.3) is 0 Å². The minimum Gasteiger partial charge on any atom is -0.333 e. The van der Waals surface area contributed by atoms with Gasteiger partial charge in [-0.25, -0.2) is 0 Å². The van der Waals surface area contributed by atoms with Crippen molar-refractivity contribution in [1.29, 1.82) is 0 Å². The normalized spacial score (nSPS) is 21.7. The maximum Gasteiger partial charge on any atom is 0.406 e. The highest BCUT2D eigenvalue weighted by Gasteiger charge is 2.35. The summed E-state index contributed by atoms with van der Waals surface area (Å²) in [7, 11) is 0. The Morgan fingerprint density at radius 1 is 1.53 bits per heavy atom. The van der Waals surface area contributed by atoms with Crippen LogP contribution >= 0.6 is 0 Å². The number of likely N-dealkylation sites (N-methyl/N-ethyl adjacent to an activating group) is 1. The van der Waals surface area contributed by atoms with Gasteiger partial charge in [-0.1, -0.05) is 0 Å². The Hall–Kier alpha value is -0.780. The Kier molecular flexibility index (Phi) is 3.96. The van der Waals surface area contributed by atoms with E-state index in [1.54, 1.807) is 6.92 Å². The van der Waals surface area contributed by atoms with Gasteiger partial charge in [0.15, 0.2) is 0 Å². The van der Waals surface area contributed by atoms with Crippen LogP contribution < -0.4 is 5.32 Å². The number of carbonyl (C=O) groups is 1. The molecule has 15 heavy (non-hydrogen) atoms. The molecular formula is C9H15F3N2O. The third-order valence-electron chi connectivity index (χ3n) is 2.42. The molecule has 0 bridgehead atoms. The van der Waals surface area contributed by atoms with Crippen molar-refractivity contribution in [3.8, 4) is 0 Å². The molecule has 0 aromatic rings. The van der Waals surface area contributed by atoms with Gasteiger partial charge in [0, 0.05) is 6.54 Å². The highest BCUT2D eigenvalue weighted by atomic mass is 19.4. The molecular weight excluding hydrogens is 209 g/mol. The van der Waals surface area contributed by atoms with Gasteiger partial charge in [0.25, 0.3) is 0 Å². The molecule has 0 saturated carbocycles. The van der Waals surface area contributed by atoms with Gasteiger partial charge in [-0.2, -0.15) is 13.2 Å². The predicted octanol–water partition coefficient (Wildman–Crippen LogP) is 1.15. The van der Waals surface area contributed by atoms with E-state index in [9.17, 15) is 18.0 Å². The average Bonchev–Trinajstić information content (AvgIpc) is 2.64. The topological polar surface area (TPSA) is 32.3 Å². The molecule has 1 N–H and O–H groups in total. The van der Waals surface area contributed by atoms with Crippen LogP contribution in [0.4, 0.5) is 13.2 Å². The number of amides is 1. The van der Waals surface area contributed by atoms with Gasteiger partial charge in [0.1, 0.15) is 6.54 Å². The maximum absolute atomic E-state index is 12.1. The number of nitrogens with zero attached hydrogens (tertiary/aromatic N) is 1. The second-order valence-corrected chi connectivity index (χ2v) is 3.62. The molecule has 0 radical (unpaired) electrons. The first-order valence-electron chi connectivity index (χ1n) is 5.03. The van der Waals surface area contributed by atoms with E-state index in [2.05, 4.69) is 5.32 Å². The molecule has 0 unspecified atom stereocenters. The number of alkyl halides is 3. The first-order valence-corrected chi connectivity index (χ1v) is 5.03. The van der Waals surface area contributed by atoms with Crippen LogP contribution in [0.5, 0.6) is 0 Å². The number of nitrogens with one attached hydrogen (secondary N) is 1. The Bertz CT molecular complexity index is 224. The molecule has 0 aromatic carbocycles. The zero-order chi connectivity index (χ0) is 11.5.